The Kier molecular flexibility index (Phi) is 5.30. The number of aromatic nitrogens is 1. The number of piperidine rings is 1. The SMILES string of the molecule is Cc1nc(-c2ccccc2F)c(C(=O)N2CC3CCN(C(=O)OC(C)(C)C)CC32)s1. The number of rotatable bonds is 2. The molecule has 1 aromatic carbocycles. The van der Waals surface area contributed by atoms with Crippen molar-refractivity contribution in [1.29, 1.82) is 0 Å². The van der Waals surface area contributed by atoms with Crippen LogP contribution in [0.2, 0.25) is 0 Å². The maximum atomic E-state index is 14.4. The molecule has 0 N–H and O–H groups in total. The van der Waals surface area contributed by atoms with Crippen LogP contribution < -0.4 is 0 Å². The quantitative estimate of drug-likeness (QED) is 0.710. The van der Waals surface area contributed by atoms with Gasteiger partial charge in [-0.1, -0.05) is 12.1 Å². The minimum Gasteiger partial charge on any atom is -0.444 e. The number of carbonyl (C=O) groups excluding carboxylic acids is 2. The molecule has 8 heteroatoms. The van der Waals surface area contributed by atoms with Gasteiger partial charge in [0.15, 0.2) is 0 Å². The van der Waals surface area contributed by atoms with Crippen LogP contribution in [0.15, 0.2) is 24.3 Å². The lowest BCUT2D eigenvalue weighted by molar-refractivity contribution is -0.0383. The molecular weight excluding hydrogens is 405 g/mol. The van der Waals surface area contributed by atoms with E-state index in [1.54, 1.807) is 28.0 Å². The Morgan fingerprint density at radius 1 is 1.23 bits per heavy atom. The molecule has 0 spiro atoms. The predicted octanol–water partition coefficient (Wildman–Crippen LogP) is 4.34. The van der Waals surface area contributed by atoms with Crippen LogP contribution in [0.25, 0.3) is 11.3 Å². The Morgan fingerprint density at radius 2 is 1.97 bits per heavy atom. The number of hydrogen-bond acceptors (Lipinski definition) is 5. The van der Waals surface area contributed by atoms with Crippen LogP contribution in [0.4, 0.5) is 9.18 Å². The summed E-state index contributed by atoms with van der Waals surface area (Å²) in [5, 5.41) is 0.715. The highest BCUT2D eigenvalue weighted by molar-refractivity contribution is 7.14. The highest BCUT2D eigenvalue weighted by Crippen LogP contribution is 2.37. The Morgan fingerprint density at radius 3 is 2.67 bits per heavy atom. The summed E-state index contributed by atoms with van der Waals surface area (Å²) in [6.45, 7) is 9.08. The summed E-state index contributed by atoms with van der Waals surface area (Å²) >= 11 is 1.28. The van der Waals surface area contributed by atoms with E-state index in [4.69, 9.17) is 4.74 Å². The molecular formula is C22H26FN3O3S. The first-order chi connectivity index (χ1) is 14.1. The fourth-order valence-corrected chi connectivity index (χ4v) is 4.95. The molecule has 2 aliphatic heterocycles. The Balaban J connectivity index is 1.53. The number of likely N-dealkylation sites (tertiary alicyclic amines) is 2. The van der Waals surface area contributed by atoms with Gasteiger partial charge in [-0.2, -0.15) is 0 Å². The van der Waals surface area contributed by atoms with Crippen LogP contribution >= 0.6 is 11.3 Å². The van der Waals surface area contributed by atoms with Crippen molar-refractivity contribution in [3.63, 3.8) is 0 Å². The smallest absolute Gasteiger partial charge is 0.410 e. The average molecular weight is 432 g/mol. The Hall–Kier alpha value is -2.48. The van der Waals surface area contributed by atoms with Crippen molar-refractivity contribution in [3.05, 3.63) is 40.0 Å². The van der Waals surface area contributed by atoms with Crippen LogP contribution in [0, 0.1) is 18.7 Å². The van der Waals surface area contributed by atoms with Gasteiger partial charge in [-0.15, -0.1) is 11.3 Å². The second-order valence-corrected chi connectivity index (χ2v) is 10.1. The van der Waals surface area contributed by atoms with Crippen LogP contribution in [-0.2, 0) is 4.74 Å². The van der Waals surface area contributed by atoms with Crippen molar-refractivity contribution >= 4 is 23.3 Å². The number of carbonyl (C=O) groups is 2. The summed E-state index contributed by atoms with van der Waals surface area (Å²) in [5.41, 5.74) is 0.169. The van der Waals surface area contributed by atoms with E-state index in [1.165, 1.54) is 17.4 Å². The lowest BCUT2D eigenvalue weighted by Crippen LogP contribution is -2.66. The molecule has 4 rings (SSSR count). The highest BCUT2D eigenvalue weighted by atomic mass is 32.1. The molecule has 2 fully saturated rings. The first-order valence-corrected chi connectivity index (χ1v) is 11.0. The molecule has 0 bridgehead atoms. The van der Waals surface area contributed by atoms with E-state index >= 15 is 0 Å². The van der Waals surface area contributed by atoms with E-state index in [1.807, 2.05) is 27.7 Å². The molecule has 2 saturated heterocycles. The molecule has 2 aliphatic rings. The molecule has 2 unspecified atom stereocenters. The van der Waals surface area contributed by atoms with Gasteiger partial charge >= 0.3 is 6.09 Å². The van der Waals surface area contributed by atoms with Crippen LogP contribution in [0.1, 0.15) is 41.9 Å². The maximum Gasteiger partial charge on any atom is 0.410 e. The number of thiazole rings is 1. The fraction of sp³-hybridized carbons (Fsp3) is 0.500. The van der Waals surface area contributed by atoms with Gasteiger partial charge in [-0.3, -0.25) is 4.79 Å². The van der Waals surface area contributed by atoms with Gasteiger partial charge in [0.2, 0.25) is 0 Å². The summed E-state index contributed by atoms with van der Waals surface area (Å²) in [6, 6.07) is 6.32. The first kappa shape index (κ1) is 20.8. The van der Waals surface area contributed by atoms with Gasteiger partial charge in [0, 0.05) is 31.1 Å². The van der Waals surface area contributed by atoms with Crippen molar-refractivity contribution in [2.45, 2.75) is 45.8 Å². The second kappa shape index (κ2) is 7.65. The van der Waals surface area contributed by atoms with Crippen molar-refractivity contribution in [3.8, 4) is 11.3 Å². The molecule has 0 saturated carbocycles. The van der Waals surface area contributed by atoms with E-state index in [0.717, 1.165) is 6.42 Å². The summed E-state index contributed by atoms with van der Waals surface area (Å²) in [7, 11) is 0. The van der Waals surface area contributed by atoms with E-state index in [0.29, 0.717) is 46.7 Å². The van der Waals surface area contributed by atoms with E-state index < -0.39 is 11.4 Å². The molecule has 0 radical (unpaired) electrons. The van der Waals surface area contributed by atoms with Gasteiger partial charge < -0.3 is 14.5 Å². The Bertz CT molecular complexity index is 984. The van der Waals surface area contributed by atoms with Gasteiger partial charge in [0.05, 0.1) is 16.7 Å². The summed E-state index contributed by atoms with van der Waals surface area (Å²) in [4.78, 5) is 34.2. The van der Waals surface area contributed by atoms with Crippen LogP contribution in [0.3, 0.4) is 0 Å². The zero-order valence-corrected chi connectivity index (χ0v) is 18.5. The molecule has 2 aromatic rings. The number of hydrogen-bond donors (Lipinski definition) is 0. The van der Waals surface area contributed by atoms with Crippen molar-refractivity contribution in [2.75, 3.05) is 19.6 Å². The lowest BCUT2D eigenvalue weighted by Gasteiger charge is -2.53. The monoisotopic (exact) mass is 431 g/mol. The second-order valence-electron chi connectivity index (χ2n) is 8.89. The Labute approximate surface area is 179 Å². The summed E-state index contributed by atoms with van der Waals surface area (Å²) < 4.78 is 19.8. The molecule has 3 heterocycles. The molecule has 30 heavy (non-hydrogen) atoms. The van der Waals surface area contributed by atoms with Gasteiger partial charge in [0.1, 0.15) is 16.3 Å². The molecule has 2 atom stereocenters. The highest BCUT2D eigenvalue weighted by Gasteiger charge is 2.47. The third kappa shape index (κ3) is 3.93. The third-order valence-electron chi connectivity index (χ3n) is 5.52. The molecule has 160 valence electrons. The van der Waals surface area contributed by atoms with E-state index in [9.17, 15) is 14.0 Å². The number of ether oxygens (including phenoxy) is 1. The normalized spacial score (nSPS) is 21.1. The van der Waals surface area contributed by atoms with Crippen LogP contribution in [-0.4, -0.2) is 58.1 Å². The third-order valence-corrected chi connectivity index (χ3v) is 6.48. The van der Waals surface area contributed by atoms with Gasteiger partial charge in [-0.25, -0.2) is 14.2 Å². The van der Waals surface area contributed by atoms with E-state index in [-0.39, 0.29) is 18.0 Å². The molecule has 6 nitrogen and oxygen atoms in total. The standard InChI is InChI=1S/C22H26FN3O3S/c1-13-24-18(15-7-5-6-8-16(15)23)19(30-13)20(27)26-11-14-9-10-25(12-17(14)26)21(28)29-22(2,3)4/h5-8,14,17H,9-12H2,1-4H3. The zero-order chi connectivity index (χ0) is 21.6. The van der Waals surface area contributed by atoms with Crippen molar-refractivity contribution in [2.24, 2.45) is 5.92 Å². The molecule has 0 aliphatic carbocycles. The fourth-order valence-electron chi connectivity index (χ4n) is 4.06. The van der Waals surface area contributed by atoms with Crippen LogP contribution in [0.5, 0.6) is 0 Å². The van der Waals surface area contributed by atoms with Gasteiger partial charge in [-0.05, 0) is 46.2 Å². The van der Waals surface area contributed by atoms with Crippen molar-refractivity contribution in [1.82, 2.24) is 14.8 Å². The number of aryl methyl sites for hydroxylation is 1. The molecule has 1 aromatic heterocycles. The van der Waals surface area contributed by atoms with Gasteiger partial charge in [0.25, 0.3) is 5.91 Å². The minimum atomic E-state index is -0.558. The topological polar surface area (TPSA) is 62.7 Å². The van der Waals surface area contributed by atoms with E-state index in [2.05, 4.69) is 4.98 Å². The first-order valence-electron chi connectivity index (χ1n) is 10.2. The average Bonchev–Trinajstić information content (AvgIpc) is 3.03. The molecule has 2 amide bonds. The zero-order valence-electron chi connectivity index (χ0n) is 17.6. The predicted molar refractivity (Wildman–Crippen MR) is 113 cm³/mol. The maximum absolute atomic E-state index is 14.4. The summed E-state index contributed by atoms with van der Waals surface area (Å²) in [6.07, 6.45) is 0.496. The number of fused-ring (bicyclic) bond motifs is 1. The van der Waals surface area contributed by atoms with Crippen molar-refractivity contribution < 1.29 is 18.7 Å². The largest absolute Gasteiger partial charge is 0.444 e. The number of halogens is 1. The number of benzene rings is 1. The minimum absolute atomic E-state index is 0.0466. The summed E-state index contributed by atoms with van der Waals surface area (Å²) in [5.74, 6) is -0.170. The number of amides is 2. The lowest BCUT2D eigenvalue weighted by atomic mass is 9.82. The number of nitrogens with zero attached hydrogens (tertiary/aromatic N) is 3.